The van der Waals surface area contributed by atoms with Gasteiger partial charge in [0.05, 0.1) is 12.8 Å². The molecule has 0 aromatic heterocycles. The molecule has 0 radical (unpaired) electrons. The van der Waals surface area contributed by atoms with Crippen molar-refractivity contribution in [2.45, 2.75) is 58.4 Å². The second kappa shape index (κ2) is 12.8. The highest BCUT2D eigenvalue weighted by Gasteiger charge is 2.52. The number of hydrogen-bond acceptors (Lipinski definition) is 12. The average molecular weight is 463 g/mol. The molecule has 0 spiro atoms. The second-order valence-corrected chi connectivity index (χ2v) is 6.63. The van der Waals surface area contributed by atoms with Gasteiger partial charge in [0.15, 0.2) is 29.7 Å². The summed E-state index contributed by atoms with van der Waals surface area (Å²) in [5, 5.41) is 3.62. The third kappa shape index (κ3) is 9.67. The van der Waals surface area contributed by atoms with Gasteiger partial charge in [-0.05, 0) is 12.2 Å². The highest BCUT2D eigenvalue weighted by Crippen LogP contribution is 2.29. The number of ether oxygens (including phenoxy) is 6. The molecule has 3 N–H and O–H groups in total. The van der Waals surface area contributed by atoms with E-state index in [0.717, 1.165) is 20.8 Å². The van der Waals surface area contributed by atoms with E-state index in [2.05, 4.69) is 22.7 Å². The predicted molar refractivity (Wildman–Crippen MR) is 106 cm³/mol. The minimum atomic E-state index is -1.31. The topological polar surface area (TPSA) is 174 Å². The first-order valence-corrected chi connectivity index (χ1v) is 9.41. The van der Waals surface area contributed by atoms with Crippen LogP contribution in [0.25, 0.3) is 0 Å². The summed E-state index contributed by atoms with van der Waals surface area (Å²) < 4.78 is 32.0. The van der Waals surface area contributed by atoms with Crippen LogP contribution in [0.1, 0.15) is 27.7 Å². The number of carbonyl (C=O) groups excluding carboxylic acids is 4. The lowest BCUT2D eigenvalue weighted by Crippen LogP contribution is -2.63. The summed E-state index contributed by atoms with van der Waals surface area (Å²) >= 11 is 4.60. The van der Waals surface area contributed by atoms with Crippen molar-refractivity contribution in [1.29, 1.82) is 0 Å². The van der Waals surface area contributed by atoms with E-state index in [1.165, 1.54) is 13.1 Å². The highest BCUT2D eigenvalue weighted by molar-refractivity contribution is 7.80. The number of esters is 4. The van der Waals surface area contributed by atoms with Gasteiger partial charge >= 0.3 is 23.9 Å². The van der Waals surface area contributed by atoms with E-state index in [4.69, 9.17) is 34.2 Å². The summed E-state index contributed by atoms with van der Waals surface area (Å²) in [7, 11) is 0. The Bertz CT molecular complexity index is 716. The van der Waals surface area contributed by atoms with Gasteiger partial charge in [-0.15, -0.1) is 0 Å². The van der Waals surface area contributed by atoms with Crippen molar-refractivity contribution in [2.75, 3.05) is 13.2 Å². The Morgan fingerprint density at radius 3 is 2.03 bits per heavy atom. The first-order chi connectivity index (χ1) is 14.5. The first kappa shape index (κ1) is 26.2. The average Bonchev–Trinajstić information content (AvgIpc) is 2.62. The lowest BCUT2D eigenvalue weighted by molar-refractivity contribution is -0.304. The van der Waals surface area contributed by atoms with Crippen molar-refractivity contribution in [3.8, 4) is 0 Å². The lowest BCUT2D eigenvalue weighted by Gasteiger charge is -2.43. The molecule has 0 amide bonds. The second-order valence-electron chi connectivity index (χ2n) is 6.19. The van der Waals surface area contributed by atoms with Gasteiger partial charge in [-0.3, -0.25) is 24.6 Å². The van der Waals surface area contributed by atoms with Crippen molar-refractivity contribution in [1.82, 2.24) is 5.43 Å². The van der Waals surface area contributed by atoms with E-state index < -0.39 is 54.6 Å². The molecule has 13 nitrogen and oxygen atoms in total. The summed E-state index contributed by atoms with van der Waals surface area (Å²) in [6, 6.07) is 0. The maximum Gasteiger partial charge on any atom is 0.303 e. The van der Waals surface area contributed by atoms with Gasteiger partial charge in [0.1, 0.15) is 12.7 Å². The molecule has 31 heavy (non-hydrogen) atoms. The maximum absolute atomic E-state index is 11.7. The zero-order valence-electron chi connectivity index (χ0n) is 17.4. The number of thiocarbonyl (C=S) groups is 1. The Morgan fingerprint density at radius 2 is 1.52 bits per heavy atom. The maximum atomic E-state index is 11.7. The summed E-state index contributed by atoms with van der Waals surface area (Å²) in [5.41, 5.74) is 7.56. The Labute approximate surface area is 183 Å². The molecule has 5 atom stereocenters. The fourth-order valence-electron chi connectivity index (χ4n) is 2.61. The van der Waals surface area contributed by atoms with Crippen LogP contribution in [-0.2, 0) is 47.6 Å². The standard InChI is InChI=1S/C17H25N3O10S/c1-8(21)26-7-12-13(27-9(2)22)14(28-10(3)23)15(29-11(4)24)16(30-12)25-6-5-19-20-17(18)31/h5,12-16H,6-7H2,1-4H3,(H3,18,20,31)/b19-5+/t12-,13-,14+,15-,16-/m1/s1. The number of hydrogen-bond donors (Lipinski definition) is 2. The lowest BCUT2D eigenvalue weighted by atomic mass is 9.98. The first-order valence-electron chi connectivity index (χ1n) is 9.00. The smallest absolute Gasteiger partial charge is 0.303 e. The zero-order chi connectivity index (χ0) is 23.6. The van der Waals surface area contributed by atoms with E-state index in [0.29, 0.717) is 0 Å². The number of nitrogens with zero attached hydrogens (tertiary/aromatic N) is 1. The number of nitrogens with one attached hydrogen (secondary N) is 1. The summed E-state index contributed by atoms with van der Waals surface area (Å²) in [4.78, 5) is 46.2. The van der Waals surface area contributed by atoms with Gasteiger partial charge in [-0.25, -0.2) is 0 Å². The molecule has 1 heterocycles. The van der Waals surface area contributed by atoms with E-state index in [-0.39, 0.29) is 18.3 Å². The van der Waals surface area contributed by atoms with Crippen molar-refractivity contribution >= 4 is 47.4 Å². The van der Waals surface area contributed by atoms with Crippen LogP contribution in [0.3, 0.4) is 0 Å². The van der Waals surface area contributed by atoms with E-state index in [1.54, 1.807) is 0 Å². The van der Waals surface area contributed by atoms with E-state index in [1.807, 2.05) is 0 Å². The molecule has 0 unspecified atom stereocenters. The molecular formula is C17H25N3O10S. The van der Waals surface area contributed by atoms with Gasteiger partial charge < -0.3 is 34.2 Å². The van der Waals surface area contributed by atoms with Crippen molar-refractivity contribution in [2.24, 2.45) is 10.8 Å². The largest absolute Gasteiger partial charge is 0.463 e. The van der Waals surface area contributed by atoms with Crippen molar-refractivity contribution in [3.63, 3.8) is 0 Å². The van der Waals surface area contributed by atoms with Crippen LogP contribution in [0.4, 0.5) is 0 Å². The molecule has 1 rings (SSSR count). The minimum absolute atomic E-state index is 0.0662. The highest BCUT2D eigenvalue weighted by atomic mass is 32.1. The van der Waals surface area contributed by atoms with Gasteiger partial charge in [0.25, 0.3) is 0 Å². The Morgan fingerprint density at radius 1 is 0.968 bits per heavy atom. The van der Waals surface area contributed by atoms with Crippen LogP contribution < -0.4 is 11.2 Å². The van der Waals surface area contributed by atoms with Gasteiger partial charge in [-0.2, -0.15) is 5.10 Å². The van der Waals surface area contributed by atoms with Crippen LogP contribution in [0.5, 0.6) is 0 Å². The Balaban J connectivity index is 3.18. The van der Waals surface area contributed by atoms with E-state index >= 15 is 0 Å². The molecule has 0 aromatic rings. The van der Waals surface area contributed by atoms with Crippen LogP contribution in [-0.4, -0.2) is 79.1 Å². The third-order valence-corrected chi connectivity index (χ3v) is 3.64. The molecule has 0 bridgehead atoms. The van der Waals surface area contributed by atoms with Crippen LogP contribution in [0.15, 0.2) is 5.10 Å². The fraction of sp³-hybridized carbons (Fsp3) is 0.647. The quantitative estimate of drug-likeness (QED) is 0.139. The molecular weight excluding hydrogens is 438 g/mol. The molecule has 174 valence electrons. The minimum Gasteiger partial charge on any atom is -0.463 e. The van der Waals surface area contributed by atoms with Gasteiger partial charge in [-0.1, -0.05) is 0 Å². The summed E-state index contributed by atoms with van der Waals surface area (Å²) in [6.45, 7) is 4.03. The molecule has 0 aromatic carbocycles. The van der Waals surface area contributed by atoms with Crippen LogP contribution in [0.2, 0.25) is 0 Å². The number of carbonyl (C=O) groups is 4. The molecule has 14 heteroatoms. The monoisotopic (exact) mass is 463 g/mol. The third-order valence-electron chi connectivity index (χ3n) is 3.55. The number of nitrogens with two attached hydrogens (primary N) is 1. The van der Waals surface area contributed by atoms with Crippen LogP contribution >= 0.6 is 12.2 Å². The van der Waals surface area contributed by atoms with Gasteiger partial charge in [0.2, 0.25) is 0 Å². The van der Waals surface area contributed by atoms with Gasteiger partial charge in [0, 0.05) is 27.7 Å². The van der Waals surface area contributed by atoms with E-state index in [9.17, 15) is 19.2 Å². The summed E-state index contributed by atoms with van der Waals surface area (Å²) in [6.07, 6.45) is -5.01. The number of hydrazone groups is 1. The Hall–Kier alpha value is -2.84. The predicted octanol–water partition coefficient (Wildman–Crippen LogP) is -1.09. The van der Waals surface area contributed by atoms with Crippen molar-refractivity contribution < 1.29 is 47.6 Å². The molecule has 0 aliphatic carbocycles. The summed E-state index contributed by atoms with van der Waals surface area (Å²) in [5.74, 6) is -2.82. The fourth-order valence-corrected chi connectivity index (χ4v) is 2.66. The normalized spacial score (nSPS) is 25.4. The SMILES string of the molecule is CC(=O)OC[C@H]1O[C@@H](OC/C=N/NC(N)=S)[C@H](OC(C)=O)[C@@H](OC(C)=O)[C@@H]1OC(C)=O. The van der Waals surface area contributed by atoms with Crippen LogP contribution in [0, 0.1) is 0 Å². The number of rotatable bonds is 9. The zero-order valence-corrected chi connectivity index (χ0v) is 18.2. The molecule has 1 fully saturated rings. The molecule has 1 aliphatic rings. The van der Waals surface area contributed by atoms with Crippen molar-refractivity contribution in [3.05, 3.63) is 0 Å². The molecule has 1 aliphatic heterocycles. The Kier molecular flexibility index (Phi) is 10.8. The molecule has 1 saturated heterocycles. The molecule has 0 saturated carbocycles.